The molecule has 11 heteroatoms. The first kappa shape index (κ1) is 16.0. The van der Waals surface area contributed by atoms with Crippen LogP contribution in [0.25, 0.3) is 5.69 Å². The Hall–Kier alpha value is -2.88. The molecule has 0 fully saturated rings. The van der Waals surface area contributed by atoms with Crippen LogP contribution in [-0.2, 0) is 6.18 Å². The fourth-order valence-electron chi connectivity index (χ4n) is 1.91. The summed E-state index contributed by atoms with van der Waals surface area (Å²) in [5.41, 5.74) is 5.90. The van der Waals surface area contributed by atoms with Crippen molar-refractivity contribution in [2.45, 2.75) is 6.18 Å². The second-order valence-corrected chi connectivity index (χ2v) is 5.10. The molecular formula is C13H8ClF3N6O. The second-order valence-electron chi connectivity index (χ2n) is 4.66. The Balaban J connectivity index is 1.93. The first-order chi connectivity index (χ1) is 11.3. The first-order valence-corrected chi connectivity index (χ1v) is 6.78. The molecule has 3 aromatic rings. The van der Waals surface area contributed by atoms with E-state index < -0.39 is 23.9 Å². The summed E-state index contributed by atoms with van der Waals surface area (Å²) in [6.07, 6.45) is -2.30. The van der Waals surface area contributed by atoms with Crippen molar-refractivity contribution >= 4 is 23.5 Å². The van der Waals surface area contributed by atoms with Gasteiger partial charge in [0.1, 0.15) is 0 Å². The monoisotopic (exact) mass is 356 g/mol. The van der Waals surface area contributed by atoms with Gasteiger partial charge in [0.25, 0.3) is 11.7 Å². The van der Waals surface area contributed by atoms with Crippen LogP contribution >= 0.6 is 11.6 Å². The molecule has 0 aliphatic rings. The molecule has 0 radical (unpaired) electrons. The fourth-order valence-corrected chi connectivity index (χ4v) is 2.09. The van der Waals surface area contributed by atoms with Crippen LogP contribution in [0.4, 0.5) is 19.1 Å². The molecule has 2 aromatic heterocycles. The van der Waals surface area contributed by atoms with Gasteiger partial charge in [-0.2, -0.15) is 27.9 Å². The number of nitrogens with two attached hydrogens (primary N) is 1. The molecule has 2 N–H and O–H groups in total. The maximum absolute atomic E-state index is 12.6. The zero-order valence-corrected chi connectivity index (χ0v) is 12.5. The van der Waals surface area contributed by atoms with E-state index in [0.717, 1.165) is 0 Å². The van der Waals surface area contributed by atoms with Crippen LogP contribution in [-0.4, -0.2) is 30.5 Å². The number of nitrogens with zero attached hydrogens (tertiary/aromatic N) is 5. The van der Waals surface area contributed by atoms with E-state index in [-0.39, 0.29) is 5.56 Å². The molecule has 0 aliphatic heterocycles. The maximum Gasteiger partial charge on any atom is 0.453 e. The number of carbonyl (C=O) groups is 1. The van der Waals surface area contributed by atoms with Crippen molar-refractivity contribution in [3.05, 3.63) is 53.1 Å². The summed E-state index contributed by atoms with van der Waals surface area (Å²) in [4.78, 5) is 15.3. The van der Waals surface area contributed by atoms with Gasteiger partial charge in [-0.1, -0.05) is 17.7 Å². The van der Waals surface area contributed by atoms with Crippen LogP contribution in [0, 0.1) is 0 Å². The molecule has 1 aromatic carbocycles. The summed E-state index contributed by atoms with van der Waals surface area (Å²) in [5.74, 6) is -3.04. The average Bonchev–Trinajstić information content (AvgIpc) is 3.13. The number of hydrogen-bond acceptors (Lipinski definition) is 5. The van der Waals surface area contributed by atoms with Gasteiger partial charge in [-0.15, -0.1) is 5.10 Å². The van der Waals surface area contributed by atoms with Crippen molar-refractivity contribution in [2.75, 3.05) is 5.73 Å². The number of nitrogen functional groups attached to an aromatic ring is 1. The minimum Gasteiger partial charge on any atom is -0.368 e. The van der Waals surface area contributed by atoms with Crippen LogP contribution in [0.5, 0.6) is 0 Å². The highest BCUT2D eigenvalue weighted by Gasteiger charge is 2.37. The molecule has 0 saturated carbocycles. The normalized spacial score (nSPS) is 11.7. The van der Waals surface area contributed by atoms with Gasteiger partial charge in [-0.25, -0.2) is 4.68 Å². The van der Waals surface area contributed by atoms with E-state index in [2.05, 4.69) is 15.2 Å². The zero-order chi connectivity index (χ0) is 17.5. The second kappa shape index (κ2) is 5.64. The zero-order valence-electron chi connectivity index (χ0n) is 11.7. The summed E-state index contributed by atoms with van der Waals surface area (Å²) in [5, 5.41) is 7.54. The number of alkyl halides is 3. The van der Waals surface area contributed by atoms with Crippen LogP contribution < -0.4 is 5.73 Å². The van der Waals surface area contributed by atoms with E-state index in [1.807, 2.05) is 0 Å². The van der Waals surface area contributed by atoms with E-state index in [0.29, 0.717) is 15.4 Å². The number of anilines is 1. The Bertz CT molecular complexity index is 917. The largest absolute Gasteiger partial charge is 0.453 e. The Kier molecular flexibility index (Phi) is 3.76. The molecule has 3 rings (SSSR count). The van der Waals surface area contributed by atoms with E-state index in [4.69, 9.17) is 17.3 Å². The van der Waals surface area contributed by atoms with Gasteiger partial charge < -0.3 is 5.73 Å². The van der Waals surface area contributed by atoms with Gasteiger partial charge in [-0.3, -0.25) is 4.79 Å². The quantitative estimate of drug-likeness (QED) is 0.761. The standard InChI is InChI=1S/C13H8ClF3N6O/c14-8-2-1-3-9(4-8)22-6-7(5-19-22)10(24)23-12(18)20-11(21-23)13(15,16)17/h1-6H,(H2,18,20,21). The molecule has 0 spiro atoms. The van der Waals surface area contributed by atoms with Crippen molar-refractivity contribution in [1.82, 2.24) is 24.5 Å². The van der Waals surface area contributed by atoms with Crippen LogP contribution in [0.3, 0.4) is 0 Å². The van der Waals surface area contributed by atoms with E-state index in [1.54, 1.807) is 24.3 Å². The lowest BCUT2D eigenvalue weighted by Crippen LogP contribution is -2.17. The highest BCUT2D eigenvalue weighted by molar-refractivity contribution is 6.30. The Labute approximate surface area is 137 Å². The smallest absolute Gasteiger partial charge is 0.368 e. The Morgan fingerprint density at radius 3 is 2.67 bits per heavy atom. The topological polar surface area (TPSA) is 91.6 Å². The van der Waals surface area contributed by atoms with Gasteiger partial charge in [-0.05, 0) is 18.2 Å². The summed E-state index contributed by atoms with van der Waals surface area (Å²) in [6, 6.07) is 6.65. The van der Waals surface area contributed by atoms with Crippen molar-refractivity contribution in [3.63, 3.8) is 0 Å². The molecular weight excluding hydrogens is 349 g/mol. The lowest BCUT2D eigenvalue weighted by molar-refractivity contribution is -0.144. The molecule has 0 saturated heterocycles. The molecule has 24 heavy (non-hydrogen) atoms. The first-order valence-electron chi connectivity index (χ1n) is 6.41. The minimum absolute atomic E-state index is 0.0136. The number of halogens is 4. The van der Waals surface area contributed by atoms with E-state index in [1.165, 1.54) is 17.1 Å². The van der Waals surface area contributed by atoms with Crippen LogP contribution in [0.1, 0.15) is 16.2 Å². The summed E-state index contributed by atoms with van der Waals surface area (Å²) in [6.45, 7) is 0. The number of hydrogen-bond donors (Lipinski definition) is 1. The summed E-state index contributed by atoms with van der Waals surface area (Å²) in [7, 11) is 0. The van der Waals surface area contributed by atoms with Crippen molar-refractivity contribution in [1.29, 1.82) is 0 Å². The average molecular weight is 357 g/mol. The van der Waals surface area contributed by atoms with Gasteiger partial charge in [0, 0.05) is 11.2 Å². The van der Waals surface area contributed by atoms with Gasteiger partial charge >= 0.3 is 6.18 Å². The lowest BCUT2D eigenvalue weighted by Gasteiger charge is -2.01. The maximum atomic E-state index is 12.6. The molecule has 0 aliphatic carbocycles. The van der Waals surface area contributed by atoms with Gasteiger partial charge in [0.05, 0.1) is 17.4 Å². The molecule has 0 amide bonds. The molecule has 0 bridgehead atoms. The molecule has 2 heterocycles. The number of rotatable bonds is 2. The lowest BCUT2D eigenvalue weighted by atomic mass is 10.3. The number of benzene rings is 1. The third kappa shape index (κ3) is 2.95. The predicted molar refractivity (Wildman–Crippen MR) is 77.7 cm³/mol. The number of carbonyl (C=O) groups excluding carboxylic acids is 1. The van der Waals surface area contributed by atoms with E-state index in [9.17, 15) is 18.0 Å². The molecule has 7 nitrogen and oxygen atoms in total. The van der Waals surface area contributed by atoms with Crippen molar-refractivity contribution in [2.24, 2.45) is 0 Å². The van der Waals surface area contributed by atoms with Gasteiger partial charge in [0.15, 0.2) is 0 Å². The Morgan fingerprint density at radius 1 is 1.29 bits per heavy atom. The molecule has 0 atom stereocenters. The summed E-state index contributed by atoms with van der Waals surface area (Å²) < 4.78 is 39.4. The Morgan fingerprint density at radius 2 is 2.04 bits per heavy atom. The SMILES string of the molecule is Nc1nc(C(F)(F)F)nn1C(=O)c1cnn(-c2cccc(Cl)c2)c1. The minimum atomic E-state index is -4.80. The molecule has 0 unspecified atom stereocenters. The van der Waals surface area contributed by atoms with Crippen LogP contribution in [0.2, 0.25) is 5.02 Å². The van der Waals surface area contributed by atoms with Gasteiger partial charge in [0.2, 0.25) is 5.95 Å². The van der Waals surface area contributed by atoms with Crippen LogP contribution in [0.15, 0.2) is 36.7 Å². The third-order valence-corrected chi connectivity index (χ3v) is 3.22. The van der Waals surface area contributed by atoms with Crippen molar-refractivity contribution in [3.8, 4) is 5.69 Å². The van der Waals surface area contributed by atoms with E-state index >= 15 is 0 Å². The highest BCUT2D eigenvalue weighted by Crippen LogP contribution is 2.27. The third-order valence-electron chi connectivity index (χ3n) is 2.98. The van der Waals surface area contributed by atoms with Crippen molar-refractivity contribution < 1.29 is 18.0 Å². The predicted octanol–water partition coefficient (Wildman–Crippen LogP) is 2.41. The molecule has 124 valence electrons. The number of aromatic nitrogens is 5. The summed E-state index contributed by atoms with van der Waals surface area (Å²) >= 11 is 5.87. The highest BCUT2D eigenvalue weighted by atomic mass is 35.5. The fraction of sp³-hybridized carbons (Fsp3) is 0.0769.